The fourth-order valence-electron chi connectivity index (χ4n) is 2.35. The average molecular weight is 268 g/mol. The van der Waals surface area contributed by atoms with Crippen molar-refractivity contribution in [1.29, 1.82) is 0 Å². The standard InChI is InChI=1S/C18H20S/c1-3-15-19(16-4-2,17-11-7-5-8-12-17)18-13-9-6-10-14-18/h3-14H,1-2,15-16H2. The van der Waals surface area contributed by atoms with Crippen LogP contribution >= 0.6 is 10.0 Å². The van der Waals surface area contributed by atoms with Crippen molar-refractivity contribution in [3.05, 3.63) is 86.0 Å². The highest BCUT2D eigenvalue weighted by atomic mass is 32.3. The first kappa shape index (κ1) is 13.7. The summed E-state index contributed by atoms with van der Waals surface area (Å²) in [7, 11) is -1.09. The van der Waals surface area contributed by atoms with E-state index in [2.05, 4.69) is 73.8 Å². The second kappa shape index (κ2) is 6.44. The molecule has 0 aliphatic rings. The van der Waals surface area contributed by atoms with Crippen molar-refractivity contribution in [3.8, 4) is 0 Å². The van der Waals surface area contributed by atoms with E-state index in [0.29, 0.717) is 0 Å². The van der Waals surface area contributed by atoms with Crippen LogP contribution in [0.4, 0.5) is 0 Å². The van der Waals surface area contributed by atoms with E-state index in [4.69, 9.17) is 0 Å². The van der Waals surface area contributed by atoms with E-state index in [1.165, 1.54) is 9.79 Å². The molecule has 0 radical (unpaired) electrons. The van der Waals surface area contributed by atoms with Gasteiger partial charge in [-0.15, -0.1) is 13.2 Å². The minimum absolute atomic E-state index is 0.993. The lowest BCUT2D eigenvalue weighted by molar-refractivity contribution is 1.32. The molecule has 0 spiro atoms. The van der Waals surface area contributed by atoms with Gasteiger partial charge >= 0.3 is 0 Å². The van der Waals surface area contributed by atoms with E-state index in [-0.39, 0.29) is 0 Å². The lowest BCUT2D eigenvalue weighted by Gasteiger charge is -2.39. The van der Waals surface area contributed by atoms with Crippen LogP contribution in [0.2, 0.25) is 0 Å². The van der Waals surface area contributed by atoms with Gasteiger partial charge in [-0.25, -0.2) is 0 Å². The third-order valence-corrected chi connectivity index (χ3v) is 7.15. The Morgan fingerprint density at radius 2 is 1.05 bits per heavy atom. The molecule has 2 aromatic rings. The van der Waals surface area contributed by atoms with Gasteiger partial charge in [0.05, 0.1) is 0 Å². The minimum Gasteiger partial charge on any atom is -0.181 e. The first-order valence-electron chi connectivity index (χ1n) is 6.44. The molecule has 98 valence electrons. The largest absolute Gasteiger partial charge is 0.181 e. The Morgan fingerprint density at radius 3 is 1.37 bits per heavy atom. The summed E-state index contributed by atoms with van der Waals surface area (Å²) in [6.07, 6.45) is 4.08. The lowest BCUT2D eigenvalue weighted by atomic mass is 10.4. The SMILES string of the molecule is C=CCS(CC=C)(c1ccccc1)c1ccccc1. The van der Waals surface area contributed by atoms with Crippen molar-refractivity contribution in [2.75, 3.05) is 11.5 Å². The van der Waals surface area contributed by atoms with Crippen molar-refractivity contribution in [1.82, 2.24) is 0 Å². The third kappa shape index (κ3) is 2.82. The smallest absolute Gasteiger partial charge is 0.00323 e. The Labute approximate surface area is 117 Å². The van der Waals surface area contributed by atoms with E-state index in [1.54, 1.807) is 0 Å². The average Bonchev–Trinajstić information content (AvgIpc) is 2.49. The maximum absolute atomic E-state index is 3.97. The molecule has 0 saturated carbocycles. The van der Waals surface area contributed by atoms with E-state index >= 15 is 0 Å². The molecule has 0 fully saturated rings. The molecule has 0 heterocycles. The first-order chi connectivity index (χ1) is 9.33. The van der Waals surface area contributed by atoms with Gasteiger partial charge in [0.25, 0.3) is 0 Å². The summed E-state index contributed by atoms with van der Waals surface area (Å²) >= 11 is 0. The van der Waals surface area contributed by atoms with Crippen LogP contribution < -0.4 is 0 Å². The minimum atomic E-state index is -1.09. The Hall–Kier alpha value is -1.73. The number of benzene rings is 2. The van der Waals surface area contributed by atoms with Crippen molar-refractivity contribution < 1.29 is 0 Å². The Kier molecular flexibility index (Phi) is 4.64. The zero-order valence-electron chi connectivity index (χ0n) is 11.2. The van der Waals surface area contributed by atoms with Gasteiger partial charge < -0.3 is 0 Å². The summed E-state index contributed by atoms with van der Waals surface area (Å²) in [5.41, 5.74) is 0. The van der Waals surface area contributed by atoms with Crippen LogP contribution in [0, 0.1) is 0 Å². The van der Waals surface area contributed by atoms with Crippen LogP contribution in [0.3, 0.4) is 0 Å². The maximum atomic E-state index is 3.97. The van der Waals surface area contributed by atoms with Crippen LogP contribution in [-0.4, -0.2) is 11.5 Å². The second-order valence-electron chi connectivity index (χ2n) is 4.42. The Balaban J connectivity index is 2.60. The molecule has 0 N–H and O–H groups in total. The Morgan fingerprint density at radius 1 is 0.684 bits per heavy atom. The zero-order chi connectivity index (χ0) is 13.6. The van der Waals surface area contributed by atoms with E-state index < -0.39 is 10.0 Å². The van der Waals surface area contributed by atoms with Gasteiger partial charge in [0, 0.05) is 11.5 Å². The molecule has 0 aromatic heterocycles. The van der Waals surface area contributed by atoms with Crippen LogP contribution in [0.15, 0.2) is 95.8 Å². The summed E-state index contributed by atoms with van der Waals surface area (Å²) < 4.78 is 0. The molecule has 2 rings (SSSR count). The van der Waals surface area contributed by atoms with E-state index in [9.17, 15) is 0 Å². The molecule has 0 aliphatic carbocycles. The van der Waals surface area contributed by atoms with Crippen molar-refractivity contribution in [2.24, 2.45) is 0 Å². The molecular formula is C18H20S. The quantitative estimate of drug-likeness (QED) is 0.625. The first-order valence-corrected chi connectivity index (χ1v) is 8.41. The van der Waals surface area contributed by atoms with Gasteiger partial charge in [-0.1, -0.05) is 48.6 Å². The summed E-state index contributed by atoms with van der Waals surface area (Å²) in [5, 5.41) is 0. The molecule has 1 heteroatoms. The predicted octanol–water partition coefficient (Wildman–Crippen LogP) is 5.28. The van der Waals surface area contributed by atoms with Crippen LogP contribution in [-0.2, 0) is 0 Å². The van der Waals surface area contributed by atoms with Gasteiger partial charge in [0.15, 0.2) is 0 Å². The molecule has 19 heavy (non-hydrogen) atoms. The van der Waals surface area contributed by atoms with Crippen molar-refractivity contribution in [3.63, 3.8) is 0 Å². The van der Waals surface area contributed by atoms with Gasteiger partial charge in [0.2, 0.25) is 0 Å². The number of hydrogen-bond donors (Lipinski definition) is 0. The molecule has 0 atom stereocenters. The fourth-order valence-corrected chi connectivity index (χ4v) is 5.69. The zero-order valence-corrected chi connectivity index (χ0v) is 12.0. The van der Waals surface area contributed by atoms with Gasteiger partial charge in [0.1, 0.15) is 0 Å². The monoisotopic (exact) mass is 268 g/mol. The topological polar surface area (TPSA) is 0 Å². The predicted molar refractivity (Wildman–Crippen MR) is 87.1 cm³/mol. The van der Waals surface area contributed by atoms with E-state index in [1.807, 2.05) is 12.2 Å². The molecular weight excluding hydrogens is 248 g/mol. The highest BCUT2D eigenvalue weighted by Gasteiger charge is 2.25. The summed E-state index contributed by atoms with van der Waals surface area (Å²) in [5.74, 6) is 1.99. The van der Waals surface area contributed by atoms with Crippen LogP contribution in [0.25, 0.3) is 0 Å². The molecule has 2 aromatic carbocycles. The van der Waals surface area contributed by atoms with Crippen molar-refractivity contribution >= 4 is 10.0 Å². The maximum Gasteiger partial charge on any atom is 0.00323 e. The normalized spacial score (nSPS) is 11.8. The highest BCUT2D eigenvalue weighted by Crippen LogP contribution is 2.62. The summed E-state index contributed by atoms with van der Waals surface area (Å²) in [4.78, 5) is 2.81. The molecule has 0 amide bonds. The molecule has 0 aliphatic heterocycles. The lowest BCUT2D eigenvalue weighted by Crippen LogP contribution is -2.08. The molecule has 0 unspecified atom stereocenters. The number of rotatable bonds is 6. The van der Waals surface area contributed by atoms with Gasteiger partial charge in [-0.2, -0.15) is 10.0 Å². The molecule has 0 saturated heterocycles. The van der Waals surface area contributed by atoms with Crippen LogP contribution in [0.1, 0.15) is 0 Å². The third-order valence-electron chi connectivity index (χ3n) is 3.19. The molecule has 0 nitrogen and oxygen atoms in total. The van der Waals surface area contributed by atoms with Crippen LogP contribution in [0.5, 0.6) is 0 Å². The van der Waals surface area contributed by atoms with Crippen molar-refractivity contribution in [2.45, 2.75) is 9.79 Å². The second-order valence-corrected chi connectivity index (χ2v) is 7.80. The Bertz CT molecular complexity index is 477. The van der Waals surface area contributed by atoms with E-state index in [0.717, 1.165) is 11.5 Å². The number of hydrogen-bond acceptors (Lipinski definition) is 0. The fraction of sp³-hybridized carbons (Fsp3) is 0.111. The summed E-state index contributed by atoms with van der Waals surface area (Å²) in [6.45, 7) is 7.93. The molecule has 0 bridgehead atoms. The van der Waals surface area contributed by atoms with Gasteiger partial charge in [-0.05, 0) is 34.1 Å². The summed E-state index contributed by atoms with van der Waals surface area (Å²) in [6, 6.07) is 21.5. The highest BCUT2D eigenvalue weighted by molar-refractivity contribution is 8.34. The van der Waals surface area contributed by atoms with Gasteiger partial charge in [-0.3, -0.25) is 0 Å².